The maximum absolute atomic E-state index is 5.79. The zero-order valence-corrected chi connectivity index (χ0v) is 11.3. The predicted octanol–water partition coefficient (Wildman–Crippen LogP) is 2.96. The number of hydrogen-bond acceptors (Lipinski definition) is 3. The molecule has 1 aromatic carbocycles. The summed E-state index contributed by atoms with van der Waals surface area (Å²) in [6.45, 7) is 1.12. The molecule has 90 valence electrons. The van der Waals surface area contributed by atoms with Gasteiger partial charge in [-0.1, -0.05) is 27.5 Å². The molecule has 2 aromatic rings. The van der Waals surface area contributed by atoms with Gasteiger partial charge in [0.25, 0.3) is 0 Å². The lowest BCUT2D eigenvalue weighted by atomic mass is 10.3. The molecule has 0 radical (unpaired) electrons. The van der Waals surface area contributed by atoms with Crippen LogP contribution in [-0.4, -0.2) is 16.4 Å². The number of aromatic nitrogens is 2. The smallest absolute Gasteiger partial charge is 0.164 e. The summed E-state index contributed by atoms with van der Waals surface area (Å²) < 4.78 is 8.24. The Morgan fingerprint density at radius 3 is 2.65 bits per heavy atom. The van der Waals surface area contributed by atoms with E-state index in [4.69, 9.17) is 22.1 Å². The van der Waals surface area contributed by atoms with Gasteiger partial charge in [-0.25, -0.2) is 0 Å². The molecule has 1 heterocycles. The standard InChI is InChI=1S/C11H11BrClN3O/c12-8-1-3-9(4-2-8)17-6-5-16-7-10(13)11(14)15-16/h1-4,7H,5-6H2,(H2,14,15). The van der Waals surface area contributed by atoms with Crippen LogP contribution in [0.5, 0.6) is 5.75 Å². The second-order valence-corrected chi connectivity index (χ2v) is 4.75. The summed E-state index contributed by atoms with van der Waals surface area (Å²) in [5.74, 6) is 1.16. The van der Waals surface area contributed by atoms with Crippen LogP contribution in [0.4, 0.5) is 5.82 Å². The molecule has 0 amide bonds. The summed E-state index contributed by atoms with van der Waals surface area (Å²) in [4.78, 5) is 0. The van der Waals surface area contributed by atoms with Crippen LogP contribution in [0.1, 0.15) is 0 Å². The Balaban J connectivity index is 1.85. The third-order valence-corrected chi connectivity index (χ3v) is 2.97. The van der Waals surface area contributed by atoms with Crippen molar-refractivity contribution in [2.45, 2.75) is 6.54 Å². The maximum atomic E-state index is 5.79. The molecule has 0 fully saturated rings. The molecule has 6 heteroatoms. The van der Waals surface area contributed by atoms with Crippen LogP contribution >= 0.6 is 27.5 Å². The Morgan fingerprint density at radius 1 is 1.35 bits per heavy atom. The van der Waals surface area contributed by atoms with Gasteiger partial charge in [0, 0.05) is 10.7 Å². The van der Waals surface area contributed by atoms with E-state index in [1.165, 1.54) is 0 Å². The van der Waals surface area contributed by atoms with Gasteiger partial charge in [0.15, 0.2) is 5.82 Å². The number of nitrogen functional groups attached to an aromatic ring is 1. The Bertz CT molecular complexity index is 478. The zero-order valence-electron chi connectivity index (χ0n) is 8.94. The summed E-state index contributed by atoms with van der Waals surface area (Å²) in [5, 5.41) is 4.50. The molecule has 1 aromatic heterocycles. The minimum Gasteiger partial charge on any atom is -0.492 e. The van der Waals surface area contributed by atoms with E-state index in [0.717, 1.165) is 10.2 Å². The molecule has 0 spiro atoms. The number of benzene rings is 1. The van der Waals surface area contributed by atoms with Gasteiger partial charge in [-0.05, 0) is 24.3 Å². The van der Waals surface area contributed by atoms with Crippen molar-refractivity contribution in [1.29, 1.82) is 0 Å². The van der Waals surface area contributed by atoms with E-state index < -0.39 is 0 Å². The Morgan fingerprint density at radius 2 is 2.06 bits per heavy atom. The molecule has 2 N–H and O–H groups in total. The fourth-order valence-electron chi connectivity index (χ4n) is 1.31. The van der Waals surface area contributed by atoms with Crippen molar-refractivity contribution >= 4 is 33.3 Å². The van der Waals surface area contributed by atoms with Crippen molar-refractivity contribution < 1.29 is 4.74 Å². The van der Waals surface area contributed by atoms with E-state index in [9.17, 15) is 0 Å². The van der Waals surface area contributed by atoms with Gasteiger partial charge in [-0.3, -0.25) is 4.68 Å². The first-order chi connectivity index (χ1) is 8.15. The summed E-state index contributed by atoms with van der Waals surface area (Å²) in [6.07, 6.45) is 1.68. The van der Waals surface area contributed by atoms with E-state index >= 15 is 0 Å². The normalized spacial score (nSPS) is 10.5. The molecule has 0 saturated heterocycles. The van der Waals surface area contributed by atoms with Gasteiger partial charge in [-0.15, -0.1) is 0 Å². The maximum Gasteiger partial charge on any atom is 0.164 e. The van der Waals surface area contributed by atoms with E-state index in [2.05, 4.69) is 21.0 Å². The number of halogens is 2. The van der Waals surface area contributed by atoms with Crippen LogP contribution in [0.3, 0.4) is 0 Å². The third kappa shape index (κ3) is 3.38. The molecule has 0 bridgehead atoms. The highest BCUT2D eigenvalue weighted by Gasteiger charge is 2.02. The number of nitrogens with zero attached hydrogens (tertiary/aromatic N) is 2. The van der Waals surface area contributed by atoms with Gasteiger partial charge in [-0.2, -0.15) is 5.10 Å². The highest BCUT2D eigenvalue weighted by atomic mass is 79.9. The number of rotatable bonds is 4. The zero-order chi connectivity index (χ0) is 12.3. The van der Waals surface area contributed by atoms with Crippen molar-refractivity contribution in [1.82, 2.24) is 9.78 Å². The van der Waals surface area contributed by atoms with E-state index in [-0.39, 0.29) is 0 Å². The molecule has 4 nitrogen and oxygen atoms in total. The number of nitrogens with two attached hydrogens (primary N) is 1. The van der Waals surface area contributed by atoms with Gasteiger partial charge in [0.05, 0.1) is 6.54 Å². The third-order valence-electron chi connectivity index (χ3n) is 2.15. The van der Waals surface area contributed by atoms with Crippen molar-refractivity contribution in [3.8, 4) is 5.75 Å². The fraction of sp³-hybridized carbons (Fsp3) is 0.182. The van der Waals surface area contributed by atoms with Crippen molar-refractivity contribution in [3.63, 3.8) is 0 Å². The van der Waals surface area contributed by atoms with Gasteiger partial charge in [0.1, 0.15) is 17.4 Å². The van der Waals surface area contributed by atoms with Crippen molar-refractivity contribution in [3.05, 3.63) is 40.0 Å². The summed E-state index contributed by atoms with van der Waals surface area (Å²) in [7, 11) is 0. The van der Waals surface area contributed by atoms with Crippen molar-refractivity contribution in [2.75, 3.05) is 12.3 Å². The summed E-state index contributed by atoms with van der Waals surface area (Å²) in [5.41, 5.74) is 5.53. The highest BCUT2D eigenvalue weighted by molar-refractivity contribution is 9.10. The second kappa shape index (κ2) is 5.42. The largest absolute Gasteiger partial charge is 0.492 e. The minimum absolute atomic E-state index is 0.343. The van der Waals surface area contributed by atoms with Crippen LogP contribution in [0.2, 0.25) is 5.02 Å². The fourth-order valence-corrected chi connectivity index (χ4v) is 1.73. The van der Waals surface area contributed by atoms with Crippen LogP contribution in [0.25, 0.3) is 0 Å². The Labute approximate surface area is 112 Å². The van der Waals surface area contributed by atoms with Gasteiger partial charge < -0.3 is 10.5 Å². The summed E-state index contributed by atoms with van der Waals surface area (Å²) in [6, 6.07) is 7.65. The number of anilines is 1. The van der Waals surface area contributed by atoms with Crippen LogP contribution < -0.4 is 10.5 Å². The van der Waals surface area contributed by atoms with E-state index in [0.29, 0.717) is 24.0 Å². The molecule has 0 atom stereocenters. The molecule has 2 rings (SSSR count). The van der Waals surface area contributed by atoms with Gasteiger partial charge in [0.2, 0.25) is 0 Å². The molecule has 0 unspecified atom stereocenters. The highest BCUT2D eigenvalue weighted by Crippen LogP contribution is 2.17. The monoisotopic (exact) mass is 315 g/mol. The molecular formula is C11H11BrClN3O. The van der Waals surface area contributed by atoms with Crippen LogP contribution in [0.15, 0.2) is 34.9 Å². The first kappa shape index (κ1) is 12.3. The molecule has 0 aliphatic carbocycles. The molecule has 0 aliphatic heterocycles. The molecular weight excluding hydrogens is 305 g/mol. The van der Waals surface area contributed by atoms with E-state index in [1.54, 1.807) is 10.9 Å². The lowest BCUT2D eigenvalue weighted by molar-refractivity contribution is 0.291. The first-order valence-electron chi connectivity index (χ1n) is 5.02. The number of ether oxygens (including phenoxy) is 1. The summed E-state index contributed by atoms with van der Waals surface area (Å²) >= 11 is 9.15. The van der Waals surface area contributed by atoms with Crippen LogP contribution in [0, 0.1) is 0 Å². The first-order valence-corrected chi connectivity index (χ1v) is 6.19. The average molecular weight is 317 g/mol. The quantitative estimate of drug-likeness (QED) is 0.943. The Hall–Kier alpha value is -1.20. The lowest BCUT2D eigenvalue weighted by Gasteiger charge is -2.05. The predicted molar refractivity (Wildman–Crippen MR) is 71.3 cm³/mol. The Kier molecular flexibility index (Phi) is 3.91. The lowest BCUT2D eigenvalue weighted by Crippen LogP contribution is -2.08. The molecule has 17 heavy (non-hydrogen) atoms. The SMILES string of the molecule is Nc1nn(CCOc2ccc(Br)cc2)cc1Cl. The number of hydrogen-bond donors (Lipinski definition) is 1. The van der Waals surface area contributed by atoms with Gasteiger partial charge >= 0.3 is 0 Å². The minimum atomic E-state index is 0.343. The topological polar surface area (TPSA) is 53.1 Å². The van der Waals surface area contributed by atoms with Crippen molar-refractivity contribution in [2.24, 2.45) is 0 Å². The molecule has 0 aliphatic rings. The van der Waals surface area contributed by atoms with E-state index in [1.807, 2.05) is 24.3 Å². The second-order valence-electron chi connectivity index (χ2n) is 3.43. The molecule has 0 saturated carbocycles. The van der Waals surface area contributed by atoms with Crippen LogP contribution in [-0.2, 0) is 6.54 Å². The average Bonchev–Trinajstić information content (AvgIpc) is 2.61.